The van der Waals surface area contributed by atoms with E-state index in [2.05, 4.69) is 9.47 Å². The number of aliphatic hydroxyl groups is 1. The molecule has 156 valence electrons. The standard InChI is InChI=1S/C19H25F2NO6/c1-17(2,3)28-16(24)22-12(15(10-23)25-18(22,4)5)8-11-6-7-13-14(9-11)27-19(20,21)26-13/h6-7,9,12,15,23H,8,10H2,1-5H3/t12-,15+/m0/s1. The SMILES string of the molecule is CC(C)(C)OC(=O)N1[C@@H](Cc2ccc3c(c2)OC(F)(F)O3)[C@@H](CO)OC1(C)C. The number of carbonyl (C=O) groups excluding carboxylic acids is 1. The zero-order chi connectivity index (χ0) is 20.9. The van der Waals surface area contributed by atoms with Crippen LogP contribution >= 0.6 is 0 Å². The smallest absolute Gasteiger partial charge is 0.444 e. The Hall–Kier alpha value is -2.13. The third-order valence-electron chi connectivity index (χ3n) is 4.46. The van der Waals surface area contributed by atoms with Crippen LogP contribution in [0.15, 0.2) is 18.2 Å². The number of hydrogen-bond donors (Lipinski definition) is 1. The fourth-order valence-electron chi connectivity index (χ4n) is 3.48. The number of halogens is 2. The number of carbonyl (C=O) groups is 1. The lowest BCUT2D eigenvalue weighted by Gasteiger charge is -2.35. The molecule has 0 bridgehead atoms. The second-order valence-corrected chi connectivity index (χ2v) is 8.36. The first-order valence-corrected chi connectivity index (χ1v) is 9.01. The molecular formula is C19H25F2NO6. The first-order valence-electron chi connectivity index (χ1n) is 9.01. The van der Waals surface area contributed by atoms with Crippen LogP contribution < -0.4 is 9.47 Å². The van der Waals surface area contributed by atoms with Crippen molar-refractivity contribution in [3.8, 4) is 11.5 Å². The first-order chi connectivity index (χ1) is 12.8. The Kier molecular flexibility index (Phi) is 4.95. The van der Waals surface area contributed by atoms with Crippen molar-refractivity contribution in [1.82, 2.24) is 4.90 Å². The van der Waals surface area contributed by atoms with Crippen LogP contribution in [0.2, 0.25) is 0 Å². The highest BCUT2D eigenvalue weighted by molar-refractivity contribution is 5.70. The molecule has 0 aliphatic carbocycles. The maximum atomic E-state index is 13.3. The minimum absolute atomic E-state index is 0.0561. The second kappa shape index (κ2) is 6.73. The lowest BCUT2D eigenvalue weighted by atomic mass is 10.00. The number of amides is 1. The minimum atomic E-state index is -3.70. The van der Waals surface area contributed by atoms with Gasteiger partial charge in [-0.15, -0.1) is 8.78 Å². The molecule has 1 aromatic carbocycles. The molecule has 1 fully saturated rings. The molecule has 9 heteroatoms. The van der Waals surface area contributed by atoms with E-state index in [0.717, 1.165) is 0 Å². The molecule has 0 spiro atoms. The summed E-state index contributed by atoms with van der Waals surface area (Å²) in [4.78, 5) is 14.3. The van der Waals surface area contributed by atoms with E-state index in [9.17, 15) is 18.7 Å². The summed E-state index contributed by atoms with van der Waals surface area (Å²) in [7, 11) is 0. The van der Waals surface area contributed by atoms with Gasteiger partial charge < -0.3 is 24.1 Å². The predicted molar refractivity (Wildman–Crippen MR) is 94.2 cm³/mol. The molecule has 1 amide bonds. The highest BCUT2D eigenvalue weighted by Gasteiger charge is 2.51. The van der Waals surface area contributed by atoms with Crippen molar-refractivity contribution < 1.29 is 37.6 Å². The third-order valence-corrected chi connectivity index (χ3v) is 4.46. The molecule has 2 atom stereocenters. The van der Waals surface area contributed by atoms with Crippen molar-refractivity contribution >= 4 is 6.09 Å². The molecule has 2 aliphatic heterocycles. The summed E-state index contributed by atoms with van der Waals surface area (Å²) in [6, 6.07) is 3.87. The van der Waals surface area contributed by atoms with Crippen molar-refractivity contribution in [3.05, 3.63) is 23.8 Å². The summed E-state index contributed by atoms with van der Waals surface area (Å²) in [6.07, 6.45) is -4.69. The second-order valence-electron chi connectivity index (χ2n) is 8.36. The van der Waals surface area contributed by atoms with Crippen LogP contribution in [0.4, 0.5) is 13.6 Å². The van der Waals surface area contributed by atoms with Crippen LogP contribution in [0.25, 0.3) is 0 Å². The summed E-state index contributed by atoms with van der Waals surface area (Å²) in [5, 5.41) is 9.75. The number of ether oxygens (including phenoxy) is 4. The molecule has 0 saturated carbocycles. The molecule has 1 N–H and O–H groups in total. The van der Waals surface area contributed by atoms with Crippen molar-refractivity contribution in [2.24, 2.45) is 0 Å². The molecule has 0 aromatic heterocycles. The van der Waals surface area contributed by atoms with Crippen LogP contribution in [0, 0.1) is 0 Å². The monoisotopic (exact) mass is 401 g/mol. The van der Waals surface area contributed by atoms with E-state index >= 15 is 0 Å². The lowest BCUT2D eigenvalue weighted by Crippen LogP contribution is -2.51. The van der Waals surface area contributed by atoms with Gasteiger partial charge in [0.05, 0.1) is 12.6 Å². The topological polar surface area (TPSA) is 77.5 Å². The largest absolute Gasteiger partial charge is 0.586 e. The van der Waals surface area contributed by atoms with Gasteiger partial charge in [0.25, 0.3) is 0 Å². The van der Waals surface area contributed by atoms with E-state index in [4.69, 9.17) is 9.47 Å². The molecular weight excluding hydrogens is 376 g/mol. The Balaban J connectivity index is 1.86. The van der Waals surface area contributed by atoms with E-state index in [0.29, 0.717) is 5.56 Å². The molecule has 1 aromatic rings. The van der Waals surface area contributed by atoms with Crippen molar-refractivity contribution in [3.63, 3.8) is 0 Å². The number of hydrogen-bond acceptors (Lipinski definition) is 6. The van der Waals surface area contributed by atoms with E-state index in [1.54, 1.807) is 40.7 Å². The van der Waals surface area contributed by atoms with E-state index < -0.39 is 35.9 Å². The number of benzene rings is 1. The van der Waals surface area contributed by atoms with Crippen LogP contribution in [0.1, 0.15) is 40.2 Å². The molecule has 3 rings (SSSR count). The zero-order valence-corrected chi connectivity index (χ0v) is 16.5. The van der Waals surface area contributed by atoms with Gasteiger partial charge in [-0.3, -0.25) is 4.90 Å². The average molecular weight is 401 g/mol. The van der Waals surface area contributed by atoms with Gasteiger partial charge in [0.1, 0.15) is 17.4 Å². The fraction of sp³-hybridized carbons (Fsp3) is 0.632. The number of alkyl halides is 2. The maximum absolute atomic E-state index is 13.3. The summed E-state index contributed by atoms with van der Waals surface area (Å²) in [5.74, 6) is -0.135. The number of rotatable bonds is 3. The Morgan fingerprint density at radius 3 is 2.50 bits per heavy atom. The highest BCUT2D eigenvalue weighted by Crippen LogP contribution is 2.42. The number of aliphatic hydroxyl groups excluding tert-OH is 1. The van der Waals surface area contributed by atoms with Gasteiger partial charge in [-0.2, -0.15) is 0 Å². The van der Waals surface area contributed by atoms with Gasteiger partial charge >= 0.3 is 12.4 Å². The van der Waals surface area contributed by atoms with Gasteiger partial charge in [-0.1, -0.05) is 6.07 Å². The predicted octanol–water partition coefficient (Wildman–Crippen LogP) is 3.28. The van der Waals surface area contributed by atoms with Crippen LogP contribution in [0.3, 0.4) is 0 Å². The quantitative estimate of drug-likeness (QED) is 0.838. The maximum Gasteiger partial charge on any atom is 0.586 e. The van der Waals surface area contributed by atoms with Gasteiger partial charge in [-0.05, 0) is 58.7 Å². The van der Waals surface area contributed by atoms with E-state index in [1.165, 1.54) is 17.0 Å². The van der Waals surface area contributed by atoms with Crippen molar-refractivity contribution in [2.45, 2.75) is 70.8 Å². The molecule has 28 heavy (non-hydrogen) atoms. The summed E-state index contributed by atoms with van der Waals surface area (Å²) < 4.78 is 46.8. The number of fused-ring (bicyclic) bond motifs is 1. The average Bonchev–Trinajstić information content (AvgIpc) is 2.96. The summed E-state index contributed by atoms with van der Waals surface area (Å²) in [5.41, 5.74) is -1.10. The Labute approximate surface area is 162 Å². The molecule has 0 radical (unpaired) electrons. The third kappa shape index (κ3) is 4.15. The molecule has 0 unspecified atom stereocenters. The van der Waals surface area contributed by atoms with Crippen molar-refractivity contribution in [2.75, 3.05) is 6.61 Å². The molecule has 2 heterocycles. The van der Waals surface area contributed by atoms with Gasteiger partial charge in [0.15, 0.2) is 11.5 Å². The zero-order valence-electron chi connectivity index (χ0n) is 16.5. The fourth-order valence-corrected chi connectivity index (χ4v) is 3.48. The van der Waals surface area contributed by atoms with Gasteiger partial charge in [0.2, 0.25) is 0 Å². The first kappa shape index (κ1) is 20.6. The van der Waals surface area contributed by atoms with Crippen LogP contribution in [0.5, 0.6) is 11.5 Å². The van der Waals surface area contributed by atoms with Crippen molar-refractivity contribution in [1.29, 1.82) is 0 Å². The van der Waals surface area contributed by atoms with Gasteiger partial charge in [0, 0.05) is 0 Å². The molecule has 1 saturated heterocycles. The van der Waals surface area contributed by atoms with E-state index in [1.807, 2.05) is 0 Å². The Morgan fingerprint density at radius 1 is 1.25 bits per heavy atom. The normalized spacial score (nSPS) is 25.1. The number of nitrogens with zero attached hydrogens (tertiary/aromatic N) is 1. The van der Waals surface area contributed by atoms with E-state index in [-0.39, 0.29) is 24.5 Å². The van der Waals surface area contributed by atoms with Crippen LogP contribution in [-0.4, -0.2) is 52.5 Å². The summed E-state index contributed by atoms with van der Waals surface area (Å²) in [6.45, 7) is 8.37. The lowest BCUT2D eigenvalue weighted by molar-refractivity contribution is -0.286. The molecule has 7 nitrogen and oxygen atoms in total. The minimum Gasteiger partial charge on any atom is -0.444 e. The highest BCUT2D eigenvalue weighted by atomic mass is 19.3. The Bertz CT molecular complexity index is 761. The van der Waals surface area contributed by atoms with Gasteiger partial charge in [-0.25, -0.2) is 4.79 Å². The molecule has 2 aliphatic rings. The Morgan fingerprint density at radius 2 is 1.89 bits per heavy atom. The van der Waals surface area contributed by atoms with Crippen LogP contribution in [-0.2, 0) is 15.9 Å². The summed E-state index contributed by atoms with van der Waals surface area (Å²) >= 11 is 0.